The monoisotopic (exact) mass is 406 g/mol. The van der Waals surface area contributed by atoms with Gasteiger partial charge in [0.2, 0.25) is 0 Å². The van der Waals surface area contributed by atoms with E-state index in [-0.39, 0.29) is 4.48 Å². The van der Waals surface area contributed by atoms with Crippen LogP contribution in [-0.4, -0.2) is 60.8 Å². The molecule has 0 saturated carbocycles. The van der Waals surface area contributed by atoms with Crippen molar-refractivity contribution in [2.75, 3.05) is 26.0 Å². The summed E-state index contributed by atoms with van der Waals surface area (Å²) in [5.74, 6) is -2.60. The van der Waals surface area contributed by atoms with Crippen LogP contribution in [0.2, 0.25) is 5.02 Å². The second-order valence-electron chi connectivity index (χ2n) is 7.62. The number of amides is 2. The molecule has 2 atom stereocenters. The lowest BCUT2D eigenvalue weighted by Gasteiger charge is -2.40. The van der Waals surface area contributed by atoms with Crippen LogP contribution >= 0.6 is 11.6 Å². The molecule has 0 N–H and O–H groups in total. The quantitative estimate of drug-likeness (QED) is 0.719. The zero-order valence-electron chi connectivity index (χ0n) is 16.0. The van der Waals surface area contributed by atoms with Crippen molar-refractivity contribution < 1.29 is 27.2 Å². The summed E-state index contributed by atoms with van der Waals surface area (Å²) in [7, 11) is 4.91. The predicted molar refractivity (Wildman–Crippen MR) is 97.1 cm³/mol. The molecule has 0 radical (unpaired) electrons. The Morgan fingerprint density at radius 3 is 2.30 bits per heavy atom. The van der Waals surface area contributed by atoms with Crippen LogP contribution in [0, 0.1) is 0 Å². The lowest BCUT2D eigenvalue weighted by atomic mass is 10.1. The summed E-state index contributed by atoms with van der Waals surface area (Å²) < 4.78 is 39.4. The molecule has 5 nitrogen and oxygen atoms in total. The van der Waals surface area contributed by atoms with Crippen LogP contribution in [0.1, 0.15) is 25.8 Å². The van der Waals surface area contributed by atoms with E-state index in [1.165, 1.54) is 17.9 Å². The molecule has 27 heavy (non-hydrogen) atoms. The average Bonchev–Trinajstić information content (AvgIpc) is 2.77. The summed E-state index contributed by atoms with van der Waals surface area (Å²) in [6.45, 7) is 3.30. The fourth-order valence-corrected chi connectivity index (χ4v) is 3.62. The predicted octanol–water partition coefficient (Wildman–Crippen LogP) is 3.41. The van der Waals surface area contributed by atoms with Gasteiger partial charge in [0, 0.05) is 5.02 Å². The number of halogens is 4. The van der Waals surface area contributed by atoms with E-state index >= 15 is 0 Å². The van der Waals surface area contributed by atoms with Crippen LogP contribution in [-0.2, 0) is 16.0 Å². The summed E-state index contributed by atoms with van der Waals surface area (Å²) >= 11 is 6.18. The molecule has 150 valence electrons. The normalized spacial score (nSPS) is 21.1. The van der Waals surface area contributed by atoms with Crippen molar-refractivity contribution in [3.8, 4) is 0 Å². The molecule has 0 aliphatic carbocycles. The molecule has 0 bridgehead atoms. The fourth-order valence-electron chi connectivity index (χ4n) is 3.37. The number of alkyl halides is 3. The molecule has 2 amide bonds. The number of carbonyl (C=O) groups is 2. The van der Waals surface area contributed by atoms with Gasteiger partial charge in [0.25, 0.3) is 12.2 Å². The van der Waals surface area contributed by atoms with Crippen molar-refractivity contribution >= 4 is 29.1 Å². The van der Waals surface area contributed by atoms with Crippen LogP contribution in [0.25, 0.3) is 0 Å². The Morgan fingerprint density at radius 1 is 1.22 bits per heavy atom. The highest BCUT2D eigenvalue weighted by Crippen LogP contribution is 2.36. The Morgan fingerprint density at radius 2 is 1.81 bits per heavy atom. The number of anilines is 1. The molecule has 1 aliphatic rings. The first-order chi connectivity index (χ1) is 12.3. The molecular formula is C18H24ClF3N3O2+. The van der Waals surface area contributed by atoms with Crippen molar-refractivity contribution in [1.82, 2.24) is 4.90 Å². The summed E-state index contributed by atoms with van der Waals surface area (Å²) in [5.41, 5.74) is 1.26. The van der Waals surface area contributed by atoms with Gasteiger partial charge in [-0.1, -0.05) is 24.9 Å². The average molecular weight is 407 g/mol. The molecule has 1 aliphatic heterocycles. The van der Waals surface area contributed by atoms with E-state index in [9.17, 15) is 22.8 Å². The van der Waals surface area contributed by atoms with Crippen molar-refractivity contribution in [2.24, 2.45) is 0 Å². The summed E-state index contributed by atoms with van der Waals surface area (Å²) in [5, 5.41) is 0.386. The number of rotatable bonds is 4. The van der Waals surface area contributed by atoms with E-state index in [0.29, 0.717) is 22.0 Å². The molecule has 0 unspecified atom stereocenters. The summed E-state index contributed by atoms with van der Waals surface area (Å²) in [6, 6.07) is 3.80. The maximum absolute atomic E-state index is 13.2. The third-order valence-corrected chi connectivity index (χ3v) is 4.64. The van der Waals surface area contributed by atoms with Gasteiger partial charge in [-0.15, -0.1) is 0 Å². The zero-order chi connectivity index (χ0) is 20.7. The van der Waals surface area contributed by atoms with E-state index in [1.807, 2.05) is 6.92 Å². The van der Waals surface area contributed by atoms with Crippen molar-refractivity contribution in [3.05, 3.63) is 28.8 Å². The van der Waals surface area contributed by atoms with Gasteiger partial charge in [-0.2, -0.15) is 13.2 Å². The molecule has 2 rings (SSSR count). The number of quaternary nitrogens is 1. The van der Waals surface area contributed by atoms with E-state index in [0.717, 1.165) is 12.0 Å². The smallest absolute Gasteiger partial charge is 0.293 e. The molecule has 0 aromatic heterocycles. The Hall–Kier alpha value is -1.80. The van der Waals surface area contributed by atoms with E-state index < -0.39 is 30.3 Å². The highest BCUT2D eigenvalue weighted by molar-refractivity contribution is 6.31. The Kier molecular flexibility index (Phi) is 5.82. The number of nitrogens with zero attached hydrogens (tertiary/aromatic N) is 3. The lowest BCUT2D eigenvalue weighted by Crippen LogP contribution is -2.62. The van der Waals surface area contributed by atoms with Gasteiger partial charge in [-0.3, -0.25) is 19.0 Å². The minimum absolute atomic E-state index is 0.0759. The number of aryl methyl sites for hydroxylation is 1. The van der Waals surface area contributed by atoms with E-state index in [2.05, 4.69) is 0 Å². The lowest BCUT2D eigenvalue weighted by molar-refractivity contribution is -0.904. The van der Waals surface area contributed by atoms with Gasteiger partial charge >= 0.3 is 12.1 Å². The number of carbonyl (C=O) groups excluding carboxylic acids is 2. The third-order valence-electron chi connectivity index (χ3n) is 4.42. The molecule has 9 heteroatoms. The van der Waals surface area contributed by atoms with Gasteiger partial charge in [0.05, 0.1) is 26.8 Å². The Bertz CT molecular complexity index is 746. The van der Waals surface area contributed by atoms with E-state index in [4.69, 9.17) is 11.6 Å². The first-order valence-electron chi connectivity index (χ1n) is 8.62. The molecular weight excluding hydrogens is 383 g/mol. The van der Waals surface area contributed by atoms with Crippen LogP contribution in [0.15, 0.2) is 18.2 Å². The van der Waals surface area contributed by atoms with Gasteiger partial charge in [-0.05, 0) is 37.1 Å². The number of hydrogen-bond acceptors (Lipinski definition) is 2. The Labute approximate surface area is 161 Å². The number of hydrogen-bond donors (Lipinski definition) is 0. The van der Waals surface area contributed by atoms with Crippen molar-refractivity contribution in [1.29, 1.82) is 0 Å². The summed E-state index contributed by atoms with van der Waals surface area (Å²) in [4.78, 5) is 26.8. The van der Waals surface area contributed by atoms with Gasteiger partial charge in [0.15, 0.2) is 0 Å². The SMILES string of the molecule is CCCc1cc(Cl)cc(N2C(=O)[C@@H](C)N(C(=O)C(F)(F)F)[C@@H]2[N+](C)(C)C)c1. The second-order valence-corrected chi connectivity index (χ2v) is 8.06. The van der Waals surface area contributed by atoms with Gasteiger partial charge in [-0.25, -0.2) is 4.90 Å². The minimum atomic E-state index is -5.07. The third kappa shape index (κ3) is 4.21. The molecule has 1 fully saturated rings. The zero-order valence-corrected chi connectivity index (χ0v) is 16.7. The second kappa shape index (κ2) is 7.31. The largest absolute Gasteiger partial charge is 0.471 e. The van der Waals surface area contributed by atoms with Crippen LogP contribution in [0.4, 0.5) is 18.9 Å². The first kappa shape index (κ1) is 21.5. The maximum Gasteiger partial charge on any atom is 0.471 e. The summed E-state index contributed by atoms with van der Waals surface area (Å²) in [6.07, 6.45) is -4.65. The Balaban J connectivity index is 2.61. The standard InChI is InChI=1S/C18H24ClF3N3O2/c1-6-7-12-8-13(19)10-14(9-12)24-15(26)11(2)23(16(27)18(20,21)22)17(24)25(3,4)5/h8-11,17H,6-7H2,1-5H3/q+1/t11-,17+/m1/s1. The minimum Gasteiger partial charge on any atom is -0.293 e. The fraction of sp³-hybridized carbons (Fsp3) is 0.556. The first-order valence-corrected chi connectivity index (χ1v) is 9.00. The highest BCUT2D eigenvalue weighted by Gasteiger charge is 2.59. The topological polar surface area (TPSA) is 40.6 Å². The van der Waals surface area contributed by atoms with Crippen molar-refractivity contribution in [2.45, 2.75) is 45.2 Å². The van der Waals surface area contributed by atoms with Crippen LogP contribution in [0.3, 0.4) is 0 Å². The van der Waals surface area contributed by atoms with Gasteiger partial charge < -0.3 is 0 Å². The van der Waals surface area contributed by atoms with E-state index in [1.54, 1.807) is 33.3 Å². The van der Waals surface area contributed by atoms with Crippen LogP contribution < -0.4 is 4.90 Å². The van der Waals surface area contributed by atoms with Gasteiger partial charge in [0.1, 0.15) is 6.04 Å². The van der Waals surface area contributed by atoms with Crippen molar-refractivity contribution in [3.63, 3.8) is 0 Å². The number of benzene rings is 1. The molecule has 1 aromatic carbocycles. The maximum atomic E-state index is 13.2. The van der Waals surface area contributed by atoms with Crippen LogP contribution in [0.5, 0.6) is 0 Å². The molecule has 0 spiro atoms. The highest BCUT2D eigenvalue weighted by atomic mass is 35.5. The molecule has 1 saturated heterocycles. The molecule has 1 aromatic rings. The molecule has 1 heterocycles.